The SMILES string of the molecule is CN(C)CCN(C)c1ccc(C(F)(F)F)cc1NC(=O)c1cc(I)ccc1F. The van der Waals surface area contributed by atoms with Crippen LogP contribution in [0.4, 0.5) is 28.9 Å². The van der Waals surface area contributed by atoms with Gasteiger partial charge in [-0.15, -0.1) is 0 Å². The van der Waals surface area contributed by atoms with Crippen LogP contribution in [0.15, 0.2) is 36.4 Å². The summed E-state index contributed by atoms with van der Waals surface area (Å²) < 4.78 is 54.0. The summed E-state index contributed by atoms with van der Waals surface area (Å²) in [4.78, 5) is 16.2. The molecule has 2 rings (SSSR count). The first-order valence-corrected chi connectivity index (χ1v) is 9.40. The zero-order valence-electron chi connectivity index (χ0n) is 15.6. The minimum atomic E-state index is -4.56. The molecule has 152 valence electrons. The fourth-order valence-electron chi connectivity index (χ4n) is 2.48. The van der Waals surface area contributed by atoms with Gasteiger partial charge in [-0.25, -0.2) is 4.39 Å². The molecule has 0 spiro atoms. The Morgan fingerprint density at radius 3 is 2.36 bits per heavy atom. The lowest BCUT2D eigenvalue weighted by atomic mass is 10.1. The highest BCUT2D eigenvalue weighted by Crippen LogP contribution is 2.35. The van der Waals surface area contributed by atoms with E-state index in [1.807, 2.05) is 41.6 Å². The van der Waals surface area contributed by atoms with Crippen molar-refractivity contribution in [1.82, 2.24) is 4.90 Å². The predicted molar refractivity (Wildman–Crippen MR) is 110 cm³/mol. The summed E-state index contributed by atoms with van der Waals surface area (Å²) in [5.41, 5.74) is -0.740. The van der Waals surface area contributed by atoms with Crippen molar-refractivity contribution in [2.45, 2.75) is 6.18 Å². The molecule has 1 N–H and O–H groups in total. The van der Waals surface area contributed by atoms with E-state index in [0.29, 0.717) is 22.3 Å². The van der Waals surface area contributed by atoms with Crippen molar-refractivity contribution in [2.24, 2.45) is 0 Å². The maximum Gasteiger partial charge on any atom is 0.416 e. The van der Waals surface area contributed by atoms with Crippen molar-refractivity contribution in [2.75, 3.05) is 44.4 Å². The molecule has 2 aromatic rings. The molecule has 0 bridgehead atoms. The van der Waals surface area contributed by atoms with E-state index in [-0.39, 0.29) is 11.3 Å². The van der Waals surface area contributed by atoms with Gasteiger partial charge in [0.15, 0.2) is 0 Å². The molecule has 0 aliphatic heterocycles. The first-order chi connectivity index (χ1) is 13.0. The number of carbonyl (C=O) groups is 1. The molecule has 0 aliphatic rings. The zero-order chi connectivity index (χ0) is 21.1. The second-order valence-electron chi connectivity index (χ2n) is 6.53. The van der Waals surface area contributed by atoms with Crippen molar-refractivity contribution in [3.05, 3.63) is 56.9 Å². The highest BCUT2D eigenvalue weighted by molar-refractivity contribution is 14.1. The Bertz CT molecular complexity index is 856. The molecule has 9 heteroatoms. The molecule has 0 radical (unpaired) electrons. The summed E-state index contributed by atoms with van der Waals surface area (Å²) in [6.07, 6.45) is -4.56. The largest absolute Gasteiger partial charge is 0.416 e. The Balaban J connectivity index is 2.40. The molecule has 0 saturated carbocycles. The van der Waals surface area contributed by atoms with Gasteiger partial charge in [-0.2, -0.15) is 13.2 Å². The molecule has 0 aliphatic carbocycles. The molecule has 1 amide bonds. The number of likely N-dealkylation sites (N-methyl/N-ethyl adjacent to an activating group) is 2. The molecular formula is C19H20F4IN3O. The number of carbonyl (C=O) groups excluding carboxylic acids is 1. The van der Waals surface area contributed by atoms with Crippen molar-refractivity contribution < 1.29 is 22.4 Å². The lowest BCUT2D eigenvalue weighted by molar-refractivity contribution is -0.137. The summed E-state index contributed by atoms with van der Waals surface area (Å²) in [6, 6.07) is 7.12. The average Bonchev–Trinajstić information content (AvgIpc) is 2.60. The smallest absolute Gasteiger partial charge is 0.372 e. The minimum Gasteiger partial charge on any atom is -0.372 e. The van der Waals surface area contributed by atoms with Crippen LogP contribution >= 0.6 is 22.6 Å². The van der Waals surface area contributed by atoms with Crippen molar-refractivity contribution in [3.63, 3.8) is 0 Å². The number of nitrogens with one attached hydrogen (secondary N) is 1. The maximum atomic E-state index is 14.0. The third kappa shape index (κ3) is 5.81. The van der Waals surface area contributed by atoms with Crippen LogP contribution in [0.3, 0.4) is 0 Å². The predicted octanol–water partition coefficient (Wildman–Crippen LogP) is 4.70. The van der Waals surface area contributed by atoms with Crippen LogP contribution in [0, 0.1) is 9.39 Å². The third-order valence-corrected chi connectivity index (χ3v) is 4.71. The van der Waals surface area contributed by atoms with Gasteiger partial charge in [0.05, 0.1) is 22.5 Å². The lowest BCUT2D eigenvalue weighted by Crippen LogP contribution is -2.29. The van der Waals surface area contributed by atoms with Gasteiger partial charge in [0, 0.05) is 23.7 Å². The van der Waals surface area contributed by atoms with Crippen LogP contribution in [-0.4, -0.2) is 45.0 Å². The number of hydrogen-bond donors (Lipinski definition) is 1. The third-order valence-electron chi connectivity index (χ3n) is 4.04. The molecule has 4 nitrogen and oxygen atoms in total. The monoisotopic (exact) mass is 509 g/mol. The topological polar surface area (TPSA) is 35.6 Å². The zero-order valence-corrected chi connectivity index (χ0v) is 17.7. The van der Waals surface area contributed by atoms with E-state index < -0.39 is 23.5 Å². The van der Waals surface area contributed by atoms with Crippen LogP contribution in [0.5, 0.6) is 0 Å². The fourth-order valence-corrected chi connectivity index (χ4v) is 2.97. The number of alkyl halides is 3. The molecule has 0 unspecified atom stereocenters. The summed E-state index contributed by atoms with van der Waals surface area (Å²) in [6.45, 7) is 1.19. The van der Waals surface area contributed by atoms with Crippen molar-refractivity contribution in [1.29, 1.82) is 0 Å². The quantitative estimate of drug-likeness (QED) is 0.453. The van der Waals surface area contributed by atoms with Gasteiger partial charge in [-0.05, 0) is 73.1 Å². The van der Waals surface area contributed by atoms with E-state index in [2.05, 4.69) is 5.32 Å². The molecule has 0 heterocycles. The Hall–Kier alpha value is -1.88. The average molecular weight is 509 g/mol. The molecule has 0 atom stereocenters. The number of benzene rings is 2. The molecule has 28 heavy (non-hydrogen) atoms. The molecule has 0 saturated heterocycles. The van der Waals surface area contributed by atoms with E-state index in [1.54, 1.807) is 11.9 Å². The van der Waals surface area contributed by atoms with E-state index in [9.17, 15) is 22.4 Å². The Kier molecular flexibility index (Phi) is 7.27. The van der Waals surface area contributed by atoms with Crippen molar-refractivity contribution in [3.8, 4) is 0 Å². The molecule has 0 aromatic heterocycles. The first-order valence-electron chi connectivity index (χ1n) is 8.32. The van der Waals surface area contributed by atoms with Gasteiger partial charge in [0.25, 0.3) is 5.91 Å². The van der Waals surface area contributed by atoms with E-state index in [4.69, 9.17) is 0 Å². The summed E-state index contributed by atoms with van der Waals surface area (Å²) in [5.74, 6) is -1.55. The van der Waals surface area contributed by atoms with Gasteiger partial charge < -0.3 is 15.1 Å². The number of rotatable bonds is 6. The lowest BCUT2D eigenvalue weighted by Gasteiger charge is -2.25. The van der Waals surface area contributed by atoms with Crippen molar-refractivity contribution >= 4 is 39.9 Å². The van der Waals surface area contributed by atoms with Crippen LogP contribution in [-0.2, 0) is 6.18 Å². The summed E-state index contributed by atoms with van der Waals surface area (Å²) in [7, 11) is 5.47. The molecular weight excluding hydrogens is 489 g/mol. The second kappa shape index (κ2) is 9.08. The van der Waals surface area contributed by atoms with Crippen LogP contribution < -0.4 is 10.2 Å². The van der Waals surface area contributed by atoms with Crippen LogP contribution in [0.2, 0.25) is 0 Å². The number of halogens is 5. The molecule has 0 fully saturated rings. The highest BCUT2D eigenvalue weighted by atomic mass is 127. The number of amides is 1. The summed E-state index contributed by atoms with van der Waals surface area (Å²) >= 11 is 1.93. The van der Waals surface area contributed by atoms with Gasteiger partial charge in [0.1, 0.15) is 5.82 Å². The van der Waals surface area contributed by atoms with Gasteiger partial charge in [-0.1, -0.05) is 0 Å². The minimum absolute atomic E-state index is 0.0284. The first kappa shape index (κ1) is 22.4. The molecule has 2 aromatic carbocycles. The van der Waals surface area contributed by atoms with Gasteiger partial charge in [0.2, 0.25) is 0 Å². The van der Waals surface area contributed by atoms with Gasteiger partial charge in [-0.3, -0.25) is 4.79 Å². The van der Waals surface area contributed by atoms with Crippen LogP contribution in [0.25, 0.3) is 0 Å². The highest BCUT2D eigenvalue weighted by Gasteiger charge is 2.31. The normalized spacial score (nSPS) is 11.6. The van der Waals surface area contributed by atoms with Gasteiger partial charge >= 0.3 is 6.18 Å². The standard InChI is InChI=1S/C19H20F4IN3O/c1-26(2)8-9-27(3)17-7-4-12(19(21,22)23)10-16(17)25-18(28)14-11-13(24)5-6-15(14)20/h4-7,10-11H,8-9H2,1-3H3,(H,25,28). The fraction of sp³-hybridized carbons (Fsp3) is 0.316. The Morgan fingerprint density at radius 1 is 1.07 bits per heavy atom. The maximum absolute atomic E-state index is 14.0. The summed E-state index contributed by atoms with van der Waals surface area (Å²) in [5, 5.41) is 2.44. The number of anilines is 2. The second-order valence-corrected chi connectivity index (χ2v) is 7.78. The Labute approximate surface area is 174 Å². The van der Waals surface area contributed by atoms with E-state index >= 15 is 0 Å². The number of nitrogens with zero attached hydrogens (tertiary/aromatic N) is 2. The Morgan fingerprint density at radius 2 is 1.75 bits per heavy atom. The van der Waals surface area contributed by atoms with Crippen LogP contribution in [0.1, 0.15) is 15.9 Å². The van der Waals surface area contributed by atoms with E-state index in [1.165, 1.54) is 18.2 Å². The number of hydrogen-bond acceptors (Lipinski definition) is 3. The van der Waals surface area contributed by atoms with E-state index in [0.717, 1.165) is 18.2 Å².